The van der Waals surface area contributed by atoms with Crippen molar-refractivity contribution in [1.29, 1.82) is 0 Å². The van der Waals surface area contributed by atoms with Gasteiger partial charge in [-0.05, 0) is 36.5 Å². The number of amides is 1. The molecular formula is C17H14Cl2N2O4S. The summed E-state index contributed by atoms with van der Waals surface area (Å²) < 4.78 is 9.75. The summed E-state index contributed by atoms with van der Waals surface area (Å²) in [6.45, 7) is 0. The van der Waals surface area contributed by atoms with E-state index in [9.17, 15) is 9.59 Å². The lowest BCUT2D eigenvalue weighted by atomic mass is 10.2. The number of esters is 1. The van der Waals surface area contributed by atoms with Crippen molar-refractivity contribution in [1.82, 2.24) is 5.32 Å². The first-order valence-electron chi connectivity index (χ1n) is 7.20. The largest absolute Gasteiger partial charge is 0.494 e. The second kappa shape index (κ2) is 8.84. The van der Waals surface area contributed by atoms with Crippen LogP contribution in [0.1, 0.15) is 20.7 Å². The van der Waals surface area contributed by atoms with Crippen LogP contribution in [0.15, 0.2) is 36.4 Å². The van der Waals surface area contributed by atoms with E-state index in [0.29, 0.717) is 5.69 Å². The van der Waals surface area contributed by atoms with Crippen molar-refractivity contribution in [3.8, 4) is 5.75 Å². The molecule has 2 rings (SSSR count). The summed E-state index contributed by atoms with van der Waals surface area (Å²) in [6, 6.07) is 9.41. The highest BCUT2D eigenvalue weighted by atomic mass is 35.5. The van der Waals surface area contributed by atoms with Crippen LogP contribution in [0.4, 0.5) is 5.69 Å². The first-order chi connectivity index (χ1) is 12.4. The van der Waals surface area contributed by atoms with Gasteiger partial charge in [-0.2, -0.15) is 0 Å². The first-order valence-corrected chi connectivity index (χ1v) is 8.36. The SMILES string of the molecule is COC(=O)c1ccccc1NC(=S)NC(=O)c1cc(Cl)c(OC)c(Cl)c1. The van der Waals surface area contributed by atoms with Gasteiger partial charge in [0.25, 0.3) is 5.91 Å². The number of hydrogen-bond acceptors (Lipinski definition) is 5. The molecule has 2 N–H and O–H groups in total. The number of halogens is 2. The van der Waals surface area contributed by atoms with Crippen LogP contribution < -0.4 is 15.4 Å². The molecule has 0 radical (unpaired) electrons. The van der Waals surface area contributed by atoms with Crippen LogP contribution in [0, 0.1) is 0 Å². The summed E-state index contributed by atoms with van der Waals surface area (Å²) in [7, 11) is 2.70. The molecule has 0 aliphatic heterocycles. The van der Waals surface area contributed by atoms with E-state index < -0.39 is 11.9 Å². The summed E-state index contributed by atoms with van der Waals surface area (Å²) in [5.74, 6) is -0.780. The summed E-state index contributed by atoms with van der Waals surface area (Å²) in [5.41, 5.74) is 0.879. The lowest BCUT2D eigenvalue weighted by Gasteiger charge is -2.13. The van der Waals surface area contributed by atoms with Crippen molar-refractivity contribution < 1.29 is 19.1 Å². The summed E-state index contributed by atoms with van der Waals surface area (Å²) in [6.07, 6.45) is 0. The number of para-hydroxylation sites is 1. The Morgan fingerprint density at radius 2 is 1.69 bits per heavy atom. The molecule has 0 fully saturated rings. The molecule has 0 saturated carbocycles. The maximum atomic E-state index is 12.3. The Balaban J connectivity index is 2.14. The second-order valence-electron chi connectivity index (χ2n) is 4.92. The normalized spacial score (nSPS) is 10.0. The van der Waals surface area contributed by atoms with Crippen molar-refractivity contribution in [3.63, 3.8) is 0 Å². The number of rotatable bonds is 4. The quantitative estimate of drug-likeness (QED) is 0.585. The van der Waals surface area contributed by atoms with Gasteiger partial charge in [-0.25, -0.2) is 4.79 Å². The molecule has 9 heteroatoms. The number of carbonyl (C=O) groups excluding carboxylic acids is 2. The van der Waals surface area contributed by atoms with Gasteiger partial charge in [0.05, 0.1) is 35.5 Å². The zero-order valence-electron chi connectivity index (χ0n) is 13.8. The standard InChI is InChI=1S/C17H14Cl2N2O4S/c1-24-14-11(18)7-9(8-12(14)19)15(22)21-17(26)20-13-6-4-3-5-10(13)16(23)25-2/h3-8H,1-2H3,(H2,20,21,22,26). The molecule has 0 unspecified atom stereocenters. The van der Waals surface area contributed by atoms with E-state index in [1.54, 1.807) is 24.3 Å². The van der Waals surface area contributed by atoms with Gasteiger partial charge in [0, 0.05) is 5.56 Å². The van der Waals surface area contributed by atoms with Crippen molar-refractivity contribution in [2.75, 3.05) is 19.5 Å². The topological polar surface area (TPSA) is 76.7 Å². The summed E-state index contributed by atoms with van der Waals surface area (Å²) in [5, 5.41) is 5.66. The Hall–Kier alpha value is -2.35. The molecule has 0 aliphatic carbocycles. The molecule has 0 atom stereocenters. The number of benzene rings is 2. The van der Waals surface area contributed by atoms with E-state index in [4.69, 9.17) is 44.9 Å². The van der Waals surface area contributed by atoms with Crippen LogP contribution >= 0.6 is 35.4 Å². The fourth-order valence-electron chi connectivity index (χ4n) is 2.09. The van der Waals surface area contributed by atoms with Crippen LogP contribution in [-0.2, 0) is 4.74 Å². The third-order valence-electron chi connectivity index (χ3n) is 3.27. The lowest BCUT2D eigenvalue weighted by molar-refractivity contribution is 0.0602. The molecule has 0 heterocycles. The third kappa shape index (κ3) is 4.63. The fraction of sp³-hybridized carbons (Fsp3) is 0.118. The van der Waals surface area contributed by atoms with Crippen LogP contribution in [0.5, 0.6) is 5.75 Å². The molecule has 136 valence electrons. The number of hydrogen-bond donors (Lipinski definition) is 2. The van der Waals surface area contributed by atoms with Gasteiger partial charge in [-0.3, -0.25) is 10.1 Å². The van der Waals surface area contributed by atoms with Crippen molar-refractivity contribution in [3.05, 3.63) is 57.6 Å². The van der Waals surface area contributed by atoms with Crippen molar-refractivity contribution in [2.24, 2.45) is 0 Å². The molecule has 0 saturated heterocycles. The average molecular weight is 413 g/mol. The summed E-state index contributed by atoms with van der Waals surface area (Å²) in [4.78, 5) is 24.1. The predicted octanol–water partition coefficient (Wildman–Crippen LogP) is 3.92. The van der Waals surface area contributed by atoms with Gasteiger partial charge in [0.2, 0.25) is 0 Å². The minimum Gasteiger partial charge on any atom is -0.494 e. The molecule has 1 amide bonds. The van der Waals surface area contributed by atoms with E-state index in [0.717, 1.165) is 0 Å². The Bertz CT molecular complexity index is 851. The fourth-order valence-corrected chi connectivity index (χ4v) is 2.94. The number of anilines is 1. The molecule has 6 nitrogen and oxygen atoms in total. The molecule has 26 heavy (non-hydrogen) atoms. The molecule has 0 aromatic heterocycles. The Morgan fingerprint density at radius 1 is 1.08 bits per heavy atom. The minimum absolute atomic E-state index is 0.00517. The maximum Gasteiger partial charge on any atom is 0.339 e. The lowest BCUT2D eigenvalue weighted by Crippen LogP contribution is -2.34. The number of methoxy groups -OCH3 is 2. The van der Waals surface area contributed by atoms with E-state index in [2.05, 4.69) is 10.6 Å². The molecule has 2 aromatic carbocycles. The maximum absolute atomic E-state index is 12.3. The monoisotopic (exact) mass is 412 g/mol. The Labute approximate surface area is 165 Å². The average Bonchev–Trinajstić information content (AvgIpc) is 2.61. The van der Waals surface area contributed by atoms with E-state index in [1.165, 1.54) is 26.4 Å². The van der Waals surface area contributed by atoms with Crippen LogP contribution in [0.25, 0.3) is 0 Å². The minimum atomic E-state index is -0.532. The van der Waals surface area contributed by atoms with Gasteiger partial charge < -0.3 is 14.8 Å². The zero-order chi connectivity index (χ0) is 19.3. The smallest absolute Gasteiger partial charge is 0.339 e. The summed E-state index contributed by atoms with van der Waals surface area (Å²) >= 11 is 17.2. The molecule has 0 spiro atoms. The van der Waals surface area contributed by atoms with Gasteiger partial charge in [-0.1, -0.05) is 35.3 Å². The highest BCUT2D eigenvalue weighted by Gasteiger charge is 2.16. The Morgan fingerprint density at radius 3 is 2.27 bits per heavy atom. The first kappa shape index (κ1) is 20.0. The molecule has 2 aromatic rings. The second-order valence-corrected chi connectivity index (χ2v) is 6.14. The van der Waals surface area contributed by atoms with E-state index in [1.807, 2.05) is 0 Å². The highest BCUT2D eigenvalue weighted by molar-refractivity contribution is 7.80. The Kier molecular flexibility index (Phi) is 6.79. The predicted molar refractivity (Wildman–Crippen MR) is 104 cm³/mol. The highest BCUT2D eigenvalue weighted by Crippen LogP contribution is 2.33. The van der Waals surface area contributed by atoms with Gasteiger partial charge in [0.1, 0.15) is 0 Å². The van der Waals surface area contributed by atoms with Gasteiger partial charge in [-0.15, -0.1) is 0 Å². The number of thiocarbonyl (C=S) groups is 1. The molecular weight excluding hydrogens is 399 g/mol. The molecule has 0 aliphatic rings. The van der Waals surface area contributed by atoms with Crippen LogP contribution in [-0.4, -0.2) is 31.2 Å². The zero-order valence-corrected chi connectivity index (χ0v) is 16.1. The van der Waals surface area contributed by atoms with E-state index >= 15 is 0 Å². The third-order valence-corrected chi connectivity index (χ3v) is 4.04. The number of carbonyl (C=O) groups is 2. The van der Waals surface area contributed by atoms with Crippen LogP contribution in [0.3, 0.4) is 0 Å². The van der Waals surface area contributed by atoms with Crippen LogP contribution in [0.2, 0.25) is 10.0 Å². The number of ether oxygens (including phenoxy) is 2. The molecule has 0 bridgehead atoms. The van der Waals surface area contributed by atoms with Crippen molar-refractivity contribution in [2.45, 2.75) is 0 Å². The number of nitrogens with one attached hydrogen (secondary N) is 2. The van der Waals surface area contributed by atoms with Gasteiger partial charge in [0.15, 0.2) is 10.9 Å². The van der Waals surface area contributed by atoms with Crippen molar-refractivity contribution >= 4 is 58.1 Å². The van der Waals surface area contributed by atoms with Gasteiger partial charge >= 0.3 is 5.97 Å². The van der Waals surface area contributed by atoms with E-state index in [-0.39, 0.29) is 32.0 Å².